The molecule has 0 aliphatic carbocycles. The fourth-order valence-corrected chi connectivity index (χ4v) is 3.01. The Balaban J connectivity index is 2.51. The second kappa shape index (κ2) is 6.15. The number of benzene rings is 2. The van der Waals surface area contributed by atoms with Crippen molar-refractivity contribution in [3.8, 4) is 0 Å². The largest absolute Gasteiger partial charge is 0.389 e. The third-order valence-electron chi connectivity index (χ3n) is 2.53. The van der Waals surface area contributed by atoms with Crippen molar-refractivity contribution < 1.29 is 8.78 Å². The van der Waals surface area contributed by atoms with Crippen LogP contribution in [0.4, 0.5) is 20.2 Å². The van der Waals surface area contributed by atoms with Gasteiger partial charge in [-0.25, -0.2) is 8.78 Å². The Hall–Kier alpha value is -1.05. The summed E-state index contributed by atoms with van der Waals surface area (Å²) >= 11 is 11.3. The van der Waals surface area contributed by atoms with Crippen LogP contribution in [0.3, 0.4) is 0 Å². The molecule has 0 amide bonds. The average molecular weight is 422 g/mol. The molecule has 2 aromatic rings. The summed E-state index contributed by atoms with van der Waals surface area (Å²) in [6.45, 7) is 0. The Morgan fingerprint density at radius 2 is 1.75 bits per heavy atom. The Labute approximate surface area is 136 Å². The molecule has 0 heterocycles. The van der Waals surface area contributed by atoms with E-state index in [0.29, 0.717) is 20.2 Å². The van der Waals surface area contributed by atoms with Crippen LogP contribution in [0.15, 0.2) is 39.3 Å². The summed E-state index contributed by atoms with van der Waals surface area (Å²) in [5, 5.41) is 2.69. The Morgan fingerprint density at radius 3 is 2.30 bits per heavy atom. The van der Waals surface area contributed by atoms with Crippen LogP contribution >= 0.6 is 44.1 Å². The zero-order valence-electron chi connectivity index (χ0n) is 9.88. The van der Waals surface area contributed by atoms with Crippen LogP contribution in [-0.4, -0.2) is 4.99 Å². The maximum Gasteiger partial charge on any atom is 0.150 e. The number of halogens is 4. The zero-order chi connectivity index (χ0) is 14.9. The zero-order valence-corrected chi connectivity index (χ0v) is 13.9. The first-order chi connectivity index (χ1) is 9.40. The molecule has 3 N–H and O–H groups in total. The number of nitrogens with one attached hydrogen (secondary N) is 1. The summed E-state index contributed by atoms with van der Waals surface area (Å²) in [5.41, 5.74) is 6.29. The Kier molecular flexibility index (Phi) is 4.72. The van der Waals surface area contributed by atoms with Gasteiger partial charge in [-0.1, -0.05) is 34.2 Å². The number of thiocarbonyl (C=S) groups is 1. The molecule has 0 saturated heterocycles. The average Bonchev–Trinajstić information content (AvgIpc) is 2.33. The van der Waals surface area contributed by atoms with Crippen molar-refractivity contribution in [1.82, 2.24) is 0 Å². The highest BCUT2D eigenvalue weighted by atomic mass is 79.9. The van der Waals surface area contributed by atoms with Crippen LogP contribution < -0.4 is 11.1 Å². The first kappa shape index (κ1) is 15.3. The molecule has 0 atom stereocenters. The molecule has 0 aliphatic rings. The van der Waals surface area contributed by atoms with E-state index < -0.39 is 11.6 Å². The van der Waals surface area contributed by atoms with E-state index in [-0.39, 0.29) is 10.7 Å². The van der Waals surface area contributed by atoms with E-state index in [4.69, 9.17) is 18.0 Å². The maximum absolute atomic E-state index is 13.8. The SMILES string of the molecule is NC(=S)c1c(Br)cccc1Nc1c(F)cc(Br)cc1F. The molecule has 2 aromatic carbocycles. The highest BCUT2D eigenvalue weighted by Crippen LogP contribution is 2.31. The van der Waals surface area contributed by atoms with Gasteiger partial charge in [0, 0.05) is 14.5 Å². The second-order valence-corrected chi connectivity index (χ2v) is 6.11. The minimum atomic E-state index is -0.717. The molecule has 0 radical (unpaired) electrons. The molecular weight excluding hydrogens is 414 g/mol. The van der Waals surface area contributed by atoms with Gasteiger partial charge in [0.15, 0.2) is 11.6 Å². The van der Waals surface area contributed by atoms with Crippen LogP contribution in [0.1, 0.15) is 5.56 Å². The first-order valence-corrected chi connectivity index (χ1v) is 7.39. The molecule has 0 aliphatic heterocycles. The monoisotopic (exact) mass is 420 g/mol. The van der Waals surface area contributed by atoms with Gasteiger partial charge >= 0.3 is 0 Å². The molecule has 0 bridgehead atoms. The number of hydrogen-bond acceptors (Lipinski definition) is 2. The highest BCUT2D eigenvalue weighted by Gasteiger charge is 2.15. The van der Waals surface area contributed by atoms with Crippen molar-refractivity contribution >= 4 is 60.4 Å². The van der Waals surface area contributed by atoms with Gasteiger partial charge in [-0.3, -0.25) is 0 Å². The lowest BCUT2D eigenvalue weighted by Crippen LogP contribution is -2.13. The van der Waals surface area contributed by atoms with E-state index in [2.05, 4.69) is 37.2 Å². The smallest absolute Gasteiger partial charge is 0.150 e. The van der Waals surface area contributed by atoms with Crippen LogP contribution in [0.25, 0.3) is 0 Å². The molecule has 104 valence electrons. The molecule has 2 rings (SSSR count). The van der Waals surface area contributed by atoms with E-state index in [1.807, 2.05) is 0 Å². The highest BCUT2D eigenvalue weighted by molar-refractivity contribution is 9.10. The summed E-state index contributed by atoms with van der Waals surface area (Å²) in [5.74, 6) is -1.43. The van der Waals surface area contributed by atoms with Gasteiger partial charge in [-0.05, 0) is 40.2 Å². The lowest BCUT2D eigenvalue weighted by Gasteiger charge is -2.14. The number of rotatable bonds is 3. The molecule has 0 saturated carbocycles. The van der Waals surface area contributed by atoms with E-state index in [1.54, 1.807) is 18.2 Å². The molecule has 2 nitrogen and oxygen atoms in total. The van der Waals surface area contributed by atoms with E-state index in [1.165, 1.54) is 12.1 Å². The summed E-state index contributed by atoms with van der Waals surface area (Å²) in [6, 6.07) is 7.44. The Morgan fingerprint density at radius 1 is 1.15 bits per heavy atom. The predicted molar refractivity (Wildman–Crippen MR) is 87.4 cm³/mol. The van der Waals surface area contributed by atoms with Gasteiger partial charge in [0.05, 0.1) is 5.69 Å². The number of hydrogen-bond donors (Lipinski definition) is 2. The first-order valence-electron chi connectivity index (χ1n) is 5.40. The third-order valence-corrected chi connectivity index (χ3v) is 3.85. The van der Waals surface area contributed by atoms with Gasteiger partial charge in [0.25, 0.3) is 0 Å². The van der Waals surface area contributed by atoms with Gasteiger partial charge in [-0.15, -0.1) is 0 Å². The normalized spacial score (nSPS) is 10.4. The topological polar surface area (TPSA) is 38.0 Å². The van der Waals surface area contributed by atoms with Gasteiger partial charge in [-0.2, -0.15) is 0 Å². The van der Waals surface area contributed by atoms with Gasteiger partial charge < -0.3 is 11.1 Å². The maximum atomic E-state index is 13.8. The summed E-state index contributed by atoms with van der Waals surface area (Å²) in [7, 11) is 0. The molecular formula is C13H8Br2F2N2S. The standard InChI is InChI=1S/C13H8Br2F2N2S/c14-6-4-8(16)12(9(17)5-6)19-10-3-1-2-7(15)11(10)13(18)20/h1-5,19H,(H2,18,20). The molecule has 20 heavy (non-hydrogen) atoms. The minimum Gasteiger partial charge on any atom is -0.389 e. The van der Waals surface area contributed by atoms with Crippen molar-refractivity contribution in [2.75, 3.05) is 5.32 Å². The minimum absolute atomic E-state index is 0.123. The van der Waals surface area contributed by atoms with Crippen molar-refractivity contribution in [1.29, 1.82) is 0 Å². The van der Waals surface area contributed by atoms with Crippen LogP contribution in [0.5, 0.6) is 0 Å². The van der Waals surface area contributed by atoms with Crippen molar-refractivity contribution in [3.05, 3.63) is 56.5 Å². The lowest BCUT2D eigenvalue weighted by atomic mass is 10.1. The van der Waals surface area contributed by atoms with E-state index in [9.17, 15) is 8.78 Å². The quantitative estimate of drug-likeness (QED) is 0.694. The van der Waals surface area contributed by atoms with Crippen molar-refractivity contribution in [2.24, 2.45) is 5.73 Å². The van der Waals surface area contributed by atoms with Crippen molar-refractivity contribution in [3.63, 3.8) is 0 Å². The summed E-state index contributed by atoms with van der Waals surface area (Å²) in [6.07, 6.45) is 0. The molecule has 0 aromatic heterocycles. The van der Waals surface area contributed by atoms with Crippen LogP contribution in [0.2, 0.25) is 0 Å². The predicted octanol–water partition coefficient (Wildman–Crippen LogP) is 4.87. The van der Waals surface area contributed by atoms with Gasteiger partial charge in [0.2, 0.25) is 0 Å². The lowest BCUT2D eigenvalue weighted by molar-refractivity contribution is 0.589. The van der Waals surface area contributed by atoms with E-state index >= 15 is 0 Å². The Bertz CT molecular complexity index is 669. The number of anilines is 2. The third kappa shape index (κ3) is 3.16. The molecule has 0 unspecified atom stereocenters. The summed E-state index contributed by atoms with van der Waals surface area (Å²) in [4.78, 5) is 0.123. The van der Waals surface area contributed by atoms with Crippen LogP contribution in [-0.2, 0) is 0 Å². The molecule has 0 fully saturated rings. The molecule has 7 heteroatoms. The second-order valence-electron chi connectivity index (χ2n) is 3.90. The fraction of sp³-hybridized carbons (Fsp3) is 0. The fourth-order valence-electron chi connectivity index (χ4n) is 1.68. The summed E-state index contributed by atoms with van der Waals surface area (Å²) < 4.78 is 28.6. The molecule has 0 spiro atoms. The van der Waals surface area contributed by atoms with E-state index in [0.717, 1.165) is 0 Å². The van der Waals surface area contributed by atoms with Crippen molar-refractivity contribution in [2.45, 2.75) is 0 Å². The van der Waals surface area contributed by atoms with Crippen LogP contribution in [0, 0.1) is 11.6 Å². The van der Waals surface area contributed by atoms with Gasteiger partial charge in [0.1, 0.15) is 10.7 Å². The number of nitrogens with two attached hydrogens (primary N) is 1.